The Hall–Kier alpha value is -4.30. The zero-order chi connectivity index (χ0) is 49.2. The van der Waals surface area contributed by atoms with Gasteiger partial charge in [-0.3, -0.25) is 38.3 Å². The molecule has 0 saturated carbocycles. The Morgan fingerprint density at radius 3 is 1.96 bits per heavy atom. The largest absolute Gasteiger partial charge is 0.527 e. The molecule has 0 aliphatic carbocycles. The first-order valence-corrected chi connectivity index (χ1v) is 27.2. The number of carbonyl (C=O) groups excluding carboxylic acids is 5. The van der Waals surface area contributed by atoms with Crippen LogP contribution in [0.3, 0.4) is 0 Å². The quantitative estimate of drug-likeness (QED) is 0.0341. The molecule has 2 heterocycles. The summed E-state index contributed by atoms with van der Waals surface area (Å²) < 4.78 is 23.3. The second kappa shape index (κ2) is 31.0. The van der Waals surface area contributed by atoms with Crippen molar-refractivity contribution < 1.29 is 42.5 Å². The number of amides is 5. The van der Waals surface area contributed by atoms with Gasteiger partial charge in [0.15, 0.2) is 0 Å². The number of nitrogens with two attached hydrogens (primary N) is 1. The number of phosphoric acid groups is 1. The summed E-state index contributed by atoms with van der Waals surface area (Å²) in [5.74, 6) is -2.08. The molecule has 15 nitrogen and oxygen atoms in total. The van der Waals surface area contributed by atoms with Gasteiger partial charge in [-0.25, -0.2) is 4.57 Å². The Kier molecular flexibility index (Phi) is 25.7. The highest BCUT2D eigenvalue weighted by Crippen LogP contribution is 2.44. The second-order valence-electron chi connectivity index (χ2n) is 19.1. The predicted molar refractivity (Wildman–Crippen MR) is 266 cm³/mol. The van der Waals surface area contributed by atoms with Gasteiger partial charge in [-0.05, 0) is 82.3 Å². The van der Waals surface area contributed by atoms with Crippen molar-refractivity contribution in [1.29, 1.82) is 0 Å². The topological polar surface area (TPSA) is 210 Å². The van der Waals surface area contributed by atoms with Gasteiger partial charge in [0, 0.05) is 19.0 Å². The molecule has 5 amide bonds. The van der Waals surface area contributed by atoms with Crippen LogP contribution < -0.4 is 26.2 Å². The van der Waals surface area contributed by atoms with Crippen LogP contribution in [-0.4, -0.2) is 95.1 Å². The number of benzene rings is 2. The molecule has 0 bridgehead atoms. The van der Waals surface area contributed by atoms with E-state index in [9.17, 15) is 33.4 Å². The van der Waals surface area contributed by atoms with Gasteiger partial charge in [-0.15, -0.1) is 0 Å². The minimum absolute atomic E-state index is 0.00241. The zero-order valence-corrected chi connectivity index (χ0v) is 42.2. The van der Waals surface area contributed by atoms with Crippen molar-refractivity contribution in [2.45, 2.75) is 204 Å². The number of fused-ring (bicyclic) bond motifs is 1. The summed E-state index contributed by atoms with van der Waals surface area (Å²) in [4.78, 5) is 81.0. The van der Waals surface area contributed by atoms with Gasteiger partial charge >= 0.3 is 7.82 Å². The number of nitrogens with zero attached hydrogens (tertiary/aromatic N) is 2. The lowest BCUT2D eigenvalue weighted by atomic mass is 9.98. The SMILES string of the molecule is CCCCCCCCCCCCCCCCCCOP(=O)(O)Oc1ccc(C[C@@H](C(=O)N[C@H]2CCCC[C@H]3CC[C@@H](C(=O)N[C@@H](CCC(N)=O)C(=O)NCc4ccccc4)N3C2=O)N(C)C)cc1. The maximum Gasteiger partial charge on any atom is 0.527 e. The molecular formula is C52H83N6O9P. The number of phosphoric ester groups is 1. The van der Waals surface area contributed by atoms with Crippen LogP contribution in [0.2, 0.25) is 0 Å². The molecule has 0 spiro atoms. The van der Waals surface area contributed by atoms with Crippen molar-refractivity contribution in [2.75, 3.05) is 20.7 Å². The summed E-state index contributed by atoms with van der Waals surface area (Å²) in [6, 6.07) is 12.3. The van der Waals surface area contributed by atoms with E-state index in [2.05, 4.69) is 22.9 Å². The molecule has 2 fully saturated rings. The molecule has 2 aromatic rings. The summed E-state index contributed by atoms with van der Waals surface area (Å²) in [5, 5.41) is 8.65. The van der Waals surface area contributed by atoms with Crippen LogP contribution in [0.25, 0.3) is 0 Å². The molecule has 380 valence electrons. The van der Waals surface area contributed by atoms with Crippen LogP contribution in [0.5, 0.6) is 5.75 Å². The van der Waals surface area contributed by atoms with Gasteiger partial charge in [0.05, 0.1) is 12.6 Å². The lowest BCUT2D eigenvalue weighted by Gasteiger charge is -2.36. The number of likely N-dealkylation sites (N-methyl/N-ethyl adjacent to an activating group) is 1. The molecule has 1 unspecified atom stereocenters. The first kappa shape index (κ1) is 56.3. The van der Waals surface area contributed by atoms with Crippen molar-refractivity contribution in [3.8, 4) is 5.75 Å². The molecule has 2 aliphatic heterocycles. The molecule has 16 heteroatoms. The molecule has 2 aliphatic rings. The van der Waals surface area contributed by atoms with Crippen LogP contribution in [0.1, 0.15) is 172 Å². The standard InChI is InChI=1S/C52H83N6O9P/c1-4-5-6-7-8-9-10-11-12-13-14-15-16-17-18-24-37-66-68(64,65)67-43-32-29-40(30-33-43)38-47(57(2)3)51(62)56-45-28-23-22-27-42-31-35-46(58(42)52(45)63)50(61)55-44(34-36-48(53)59)49(60)54-39-41-25-20-19-21-26-41/h19-21,25-26,29-30,32-33,42,44-47H,4-18,22-24,27-28,31,34-39H2,1-3H3,(H2,53,59)(H,54,60)(H,55,61)(H,56,62)(H,64,65)/t42-,44-,45-,46-,47-/m0/s1. The lowest BCUT2D eigenvalue weighted by Crippen LogP contribution is -2.59. The number of unbranched alkanes of at least 4 members (excludes halogenated alkanes) is 15. The number of nitrogens with one attached hydrogen (secondary N) is 3. The van der Waals surface area contributed by atoms with Crippen molar-refractivity contribution in [2.24, 2.45) is 5.73 Å². The Balaban J connectivity index is 1.21. The fourth-order valence-corrected chi connectivity index (χ4v) is 10.1. The predicted octanol–water partition coefficient (Wildman–Crippen LogP) is 8.40. The Morgan fingerprint density at radius 2 is 1.37 bits per heavy atom. The number of carbonyl (C=O) groups is 5. The highest BCUT2D eigenvalue weighted by atomic mass is 31.2. The van der Waals surface area contributed by atoms with E-state index in [1.54, 1.807) is 48.2 Å². The summed E-state index contributed by atoms with van der Waals surface area (Å²) in [6.45, 7) is 2.62. The normalized spacial score (nSPS) is 19.0. The van der Waals surface area contributed by atoms with Crippen LogP contribution >= 0.6 is 7.82 Å². The maximum atomic E-state index is 14.3. The van der Waals surface area contributed by atoms with E-state index in [-0.39, 0.29) is 56.0 Å². The van der Waals surface area contributed by atoms with Gasteiger partial charge in [0.25, 0.3) is 0 Å². The average Bonchev–Trinajstić information content (AvgIpc) is 3.73. The number of rotatable bonds is 33. The molecule has 2 aromatic carbocycles. The lowest BCUT2D eigenvalue weighted by molar-refractivity contribution is -0.145. The van der Waals surface area contributed by atoms with Crippen molar-refractivity contribution in [3.05, 3.63) is 65.7 Å². The Bertz CT molecular complexity index is 1870. The highest BCUT2D eigenvalue weighted by molar-refractivity contribution is 7.47. The molecule has 6 N–H and O–H groups in total. The first-order chi connectivity index (χ1) is 32.8. The fraction of sp³-hybridized carbons (Fsp3) is 0.673. The molecule has 4 rings (SSSR count). The summed E-state index contributed by atoms with van der Waals surface area (Å²) in [5.41, 5.74) is 7.05. The van der Waals surface area contributed by atoms with Crippen LogP contribution in [-0.2, 0) is 46.0 Å². The number of hydrogen-bond acceptors (Lipinski definition) is 9. The van der Waals surface area contributed by atoms with E-state index >= 15 is 0 Å². The summed E-state index contributed by atoms with van der Waals surface area (Å²) >= 11 is 0. The van der Waals surface area contributed by atoms with E-state index in [0.717, 1.165) is 49.7 Å². The van der Waals surface area contributed by atoms with E-state index in [1.807, 2.05) is 30.3 Å². The molecule has 0 radical (unpaired) electrons. The van der Waals surface area contributed by atoms with E-state index < -0.39 is 49.7 Å². The number of primary amides is 1. The minimum atomic E-state index is -4.33. The zero-order valence-electron chi connectivity index (χ0n) is 41.3. The molecular weight excluding hydrogens is 884 g/mol. The third-order valence-electron chi connectivity index (χ3n) is 13.3. The smallest absolute Gasteiger partial charge is 0.404 e. The first-order valence-electron chi connectivity index (χ1n) is 25.7. The Labute approximate surface area is 406 Å². The molecule has 68 heavy (non-hydrogen) atoms. The minimum Gasteiger partial charge on any atom is -0.404 e. The van der Waals surface area contributed by atoms with Crippen molar-refractivity contribution in [3.63, 3.8) is 0 Å². The maximum absolute atomic E-state index is 14.3. The highest BCUT2D eigenvalue weighted by Gasteiger charge is 2.45. The van der Waals surface area contributed by atoms with Crippen molar-refractivity contribution >= 4 is 37.4 Å². The van der Waals surface area contributed by atoms with Crippen LogP contribution in [0, 0.1) is 0 Å². The van der Waals surface area contributed by atoms with Gasteiger partial charge in [-0.1, -0.05) is 159 Å². The molecule has 2 saturated heterocycles. The third-order valence-corrected chi connectivity index (χ3v) is 14.3. The van der Waals surface area contributed by atoms with Crippen LogP contribution in [0.15, 0.2) is 54.6 Å². The van der Waals surface area contributed by atoms with Gasteiger partial charge in [0.2, 0.25) is 29.5 Å². The average molecular weight is 967 g/mol. The van der Waals surface area contributed by atoms with Crippen LogP contribution in [0.4, 0.5) is 0 Å². The Morgan fingerprint density at radius 1 is 0.779 bits per heavy atom. The summed E-state index contributed by atoms with van der Waals surface area (Å²) in [6.07, 6.45) is 23.7. The van der Waals surface area contributed by atoms with Gasteiger partial charge in [0.1, 0.15) is 23.9 Å². The molecule has 0 aromatic heterocycles. The monoisotopic (exact) mass is 967 g/mol. The van der Waals surface area contributed by atoms with E-state index in [4.69, 9.17) is 14.8 Å². The van der Waals surface area contributed by atoms with E-state index in [0.29, 0.717) is 25.7 Å². The van der Waals surface area contributed by atoms with E-state index in [1.165, 1.54) is 77.0 Å². The van der Waals surface area contributed by atoms with Gasteiger partial charge < -0.3 is 31.1 Å². The van der Waals surface area contributed by atoms with Crippen molar-refractivity contribution in [1.82, 2.24) is 25.8 Å². The summed E-state index contributed by atoms with van der Waals surface area (Å²) in [7, 11) is -0.771. The molecule has 6 atom stereocenters. The number of hydrogen-bond donors (Lipinski definition) is 5. The van der Waals surface area contributed by atoms with Gasteiger partial charge in [-0.2, -0.15) is 0 Å². The fourth-order valence-electron chi connectivity index (χ4n) is 9.33. The third kappa shape index (κ3) is 20.7. The second-order valence-corrected chi connectivity index (χ2v) is 20.5.